The van der Waals surface area contributed by atoms with E-state index >= 15 is 0 Å². The van der Waals surface area contributed by atoms with Gasteiger partial charge in [-0.15, -0.1) is 0 Å². The molecular weight excluding hydrogens is 390 g/mol. The van der Waals surface area contributed by atoms with Gasteiger partial charge in [-0.25, -0.2) is 0 Å². The van der Waals surface area contributed by atoms with Gasteiger partial charge in [-0.2, -0.15) is 0 Å². The molecule has 32 heavy (non-hydrogen) atoms. The number of benzene rings is 4. The van der Waals surface area contributed by atoms with E-state index in [2.05, 4.69) is 53.5 Å². The van der Waals surface area contributed by atoms with Gasteiger partial charge in [0.1, 0.15) is 0 Å². The van der Waals surface area contributed by atoms with Crippen LogP contribution in [0.25, 0.3) is 33.4 Å². The van der Waals surface area contributed by atoms with Gasteiger partial charge in [0.05, 0.1) is 0 Å². The van der Waals surface area contributed by atoms with Gasteiger partial charge in [-0.1, -0.05) is 103 Å². The lowest BCUT2D eigenvalue weighted by molar-refractivity contribution is 0.103. The molecular formula is C30H21NO. The minimum absolute atomic E-state index is 0.0442. The quantitative estimate of drug-likeness (QED) is 0.284. The molecule has 0 saturated carbocycles. The summed E-state index contributed by atoms with van der Waals surface area (Å²) >= 11 is 0. The molecule has 0 atom stereocenters. The molecule has 0 amide bonds. The molecule has 4 aromatic carbocycles. The lowest BCUT2D eigenvalue weighted by Crippen LogP contribution is -2.00. The van der Waals surface area contributed by atoms with Gasteiger partial charge in [0.25, 0.3) is 0 Å². The molecule has 1 aromatic heterocycles. The van der Waals surface area contributed by atoms with E-state index in [1.54, 1.807) is 0 Å². The van der Waals surface area contributed by atoms with E-state index in [4.69, 9.17) is 0 Å². The predicted octanol–water partition coefficient (Wildman–Crippen LogP) is 7.31. The number of carbonyl (C=O) groups is 1. The zero-order valence-electron chi connectivity index (χ0n) is 17.5. The maximum absolute atomic E-state index is 12.6. The molecule has 0 aliphatic heterocycles. The number of hydrogen-bond donors (Lipinski definition) is 0. The summed E-state index contributed by atoms with van der Waals surface area (Å²) < 4.78 is 0. The Labute approximate surface area is 187 Å². The number of hydrogen-bond acceptors (Lipinski definition) is 2. The van der Waals surface area contributed by atoms with Crippen LogP contribution in [0.2, 0.25) is 0 Å². The predicted molar refractivity (Wildman–Crippen MR) is 130 cm³/mol. The molecule has 5 rings (SSSR count). The van der Waals surface area contributed by atoms with Gasteiger partial charge in [-0.3, -0.25) is 9.78 Å². The SMILES string of the molecule is O=C(c1ccccc1)c1ccc(-c2ccc(-c3ccc(-c4ccncc4)cc3)cc2)cc1. The summed E-state index contributed by atoms with van der Waals surface area (Å²) in [5.74, 6) is 0.0442. The number of pyridine rings is 1. The highest BCUT2D eigenvalue weighted by molar-refractivity contribution is 6.09. The number of ketones is 1. The van der Waals surface area contributed by atoms with Crippen molar-refractivity contribution in [3.8, 4) is 33.4 Å². The fourth-order valence-electron chi connectivity index (χ4n) is 3.82. The molecule has 152 valence electrons. The Balaban J connectivity index is 1.33. The normalized spacial score (nSPS) is 10.6. The lowest BCUT2D eigenvalue weighted by Gasteiger charge is -2.08. The highest BCUT2D eigenvalue weighted by atomic mass is 16.1. The molecule has 5 aromatic rings. The third-order valence-electron chi connectivity index (χ3n) is 5.63. The second-order valence-electron chi connectivity index (χ2n) is 7.66. The van der Waals surface area contributed by atoms with Crippen LogP contribution in [0.4, 0.5) is 0 Å². The zero-order chi connectivity index (χ0) is 21.8. The molecule has 0 unspecified atom stereocenters. The maximum Gasteiger partial charge on any atom is 0.193 e. The number of rotatable bonds is 5. The van der Waals surface area contributed by atoms with Crippen LogP contribution >= 0.6 is 0 Å². The molecule has 0 fully saturated rings. The topological polar surface area (TPSA) is 30.0 Å². The smallest absolute Gasteiger partial charge is 0.193 e. The standard InChI is InChI=1S/C30H21NO/c32-30(28-4-2-1-3-5-28)29-16-14-25(15-17-29)24-8-6-22(7-9-24)23-10-12-26(13-11-23)27-18-20-31-21-19-27/h1-21H. The molecule has 0 radical (unpaired) electrons. The van der Waals surface area contributed by atoms with Gasteiger partial charge in [-0.05, 0) is 45.5 Å². The van der Waals surface area contributed by atoms with Crippen molar-refractivity contribution in [3.63, 3.8) is 0 Å². The molecule has 0 aliphatic carbocycles. The van der Waals surface area contributed by atoms with Crippen LogP contribution in [-0.2, 0) is 0 Å². The summed E-state index contributed by atoms with van der Waals surface area (Å²) in [6, 6.07) is 38.3. The average molecular weight is 412 g/mol. The Bertz CT molecular complexity index is 1320. The van der Waals surface area contributed by atoms with Crippen molar-refractivity contribution in [2.24, 2.45) is 0 Å². The molecule has 2 nitrogen and oxygen atoms in total. The molecule has 1 heterocycles. The molecule has 0 bridgehead atoms. The zero-order valence-corrected chi connectivity index (χ0v) is 17.5. The van der Waals surface area contributed by atoms with E-state index in [0.29, 0.717) is 11.1 Å². The second kappa shape index (κ2) is 8.83. The Morgan fingerprint density at radius 1 is 0.406 bits per heavy atom. The number of aromatic nitrogens is 1. The highest BCUT2D eigenvalue weighted by Crippen LogP contribution is 2.27. The van der Waals surface area contributed by atoms with E-state index in [9.17, 15) is 4.79 Å². The van der Waals surface area contributed by atoms with Gasteiger partial charge >= 0.3 is 0 Å². The molecule has 0 saturated heterocycles. The maximum atomic E-state index is 12.6. The lowest BCUT2D eigenvalue weighted by atomic mass is 9.97. The summed E-state index contributed by atoms with van der Waals surface area (Å²) in [5.41, 5.74) is 8.32. The summed E-state index contributed by atoms with van der Waals surface area (Å²) in [6.45, 7) is 0. The third kappa shape index (κ3) is 4.12. The van der Waals surface area contributed by atoms with Crippen LogP contribution in [-0.4, -0.2) is 10.8 Å². The van der Waals surface area contributed by atoms with Crippen molar-refractivity contribution in [3.05, 3.63) is 139 Å². The first-order chi connectivity index (χ1) is 15.8. The van der Waals surface area contributed by atoms with Crippen molar-refractivity contribution in [1.29, 1.82) is 0 Å². The van der Waals surface area contributed by atoms with Gasteiger partial charge in [0.2, 0.25) is 0 Å². The van der Waals surface area contributed by atoms with E-state index in [0.717, 1.165) is 16.7 Å². The largest absolute Gasteiger partial charge is 0.289 e. The van der Waals surface area contributed by atoms with Crippen molar-refractivity contribution in [2.45, 2.75) is 0 Å². The van der Waals surface area contributed by atoms with Crippen LogP contribution in [0.3, 0.4) is 0 Å². The van der Waals surface area contributed by atoms with Crippen LogP contribution in [0, 0.1) is 0 Å². The minimum atomic E-state index is 0.0442. The molecule has 0 N–H and O–H groups in total. The van der Waals surface area contributed by atoms with E-state index in [1.807, 2.05) is 79.1 Å². The third-order valence-corrected chi connectivity index (χ3v) is 5.63. The van der Waals surface area contributed by atoms with Crippen LogP contribution in [0.15, 0.2) is 128 Å². The average Bonchev–Trinajstić information content (AvgIpc) is 2.90. The number of carbonyl (C=O) groups excluding carboxylic acids is 1. The minimum Gasteiger partial charge on any atom is -0.289 e. The van der Waals surface area contributed by atoms with Crippen LogP contribution in [0.1, 0.15) is 15.9 Å². The van der Waals surface area contributed by atoms with E-state index in [-0.39, 0.29) is 5.78 Å². The van der Waals surface area contributed by atoms with Gasteiger partial charge < -0.3 is 0 Å². The summed E-state index contributed by atoms with van der Waals surface area (Å²) in [6.07, 6.45) is 3.62. The van der Waals surface area contributed by atoms with Gasteiger partial charge in [0.15, 0.2) is 5.78 Å². The Kier molecular flexibility index (Phi) is 5.42. The Hall–Kier alpha value is -4.30. The second-order valence-corrected chi connectivity index (χ2v) is 7.66. The molecule has 0 aliphatic rings. The Morgan fingerprint density at radius 2 is 0.750 bits per heavy atom. The summed E-state index contributed by atoms with van der Waals surface area (Å²) in [4.78, 5) is 16.7. The molecule has 0 spiro atoms. The molecule has 2 heteroatoms. The number of nitrogens with zero attached hydrogens (tertiary/aromatic N) is 1. The first-order valence-electron chi connectivity index (χ1n) is 10.6. The van der Waals surface area contributed by atoms with E-state index in [1.165, 1.54) is 16.7 Å². The first-order valence-corrected chi connectivity index (χ1v) is 10.6. The summed E-state index contributed by atoms with van der Waals surface area (Å²) in [5, 5.41) is 0. The van der Waals surface area contributed by atoms with Crippen molar-refractivity contribution < 1.29 is 4.79 Å². The van der Waals surface area contributed by atoms with Crippen LogP contribution < -0.4 is 0 Å². The highest BCUT2D eigenvalue weighted by Gasteiger charge is 2.09. The monoisotopic (exact) mass is 411 g/mol. The fraction of sp³-hybridized carbons (Fsp3) is 0. The van der Waals surface area contributed by atoms with Crippen molar-refractivity contribution >= 4 is 5.78 Å². The first kappa shape index (κ1) is 19.7. The fourth-order valence-corrected chi connectivity index (χ4v) is 3.82. The van der Waals surface area contributed by atoms with Crippen LogP contribution in [0.5, 0.6) is 0 Å². The van der Waals surface area contributed by atoms with E-state index < -0.39 is 0 Å². The van der Waals surface area contributed by atoms with Crippen molar-refractivity contribution in [2.75, 3.05) is 0 Å². The summed E-state index contributed by atoms with van der Waals surface area (Å²) in [7, 11) is 0. The van der Waals surface area contributed by atoms with Gasteiger partial charge in [0, 0.05) is 23.5 Å². The van der Waals surface area contributed by atoms with Crippen molar-refractivity contribution in [1.82, 2.24) is 4.98 Å². The Morgan fingerprint density at radius 3 is 1.19 bits per heavy atom.